The second-order valence-electron chi connectivity index (χ2n) is 6.46. The van der Waals surface area contributed by atoms with Crippen molar-refractivity contribution < 1.29 is 19.4 Å². The average molecular weight is 319 g/mol. The lowest BCUT2D eigenvalue weighted by atomic mass is 9.97. The van der Waals surface area contributed by atoms with Crippen molar-refractivity contribution in [2.24, 2.45) is 5.92 Å². The van der Waals surface area contributed by atoms with Gasteiger partial charge in [-0.05, 0) is 42.9 Å². The zero-order chi connectivity index (χ0) is 17.0. The molecule has 1 fully saturated rings. The van der Waals surface area contributed by atoms with Gasteiger partial charge in [-0.15, -0.1) is 0 Å². The molecule has 23 heavy (non-hydrogen) atoms. The smallest absolute Gasteiger partial charge is 0.306 e. The lowest BCUT2D eigenvalue weighted by Gasteiger charge is -2.30. The maximum absolute atomic E-state index is 12.2. The van der Waals surface area contributed by atoms with Gasteiger partial charge in [-0.25, -0.2) is 0 Å². The van der Waals surface area contributed by atoms with Gasteiger partial charge in [0.2, 0.25) is 0 Å². The summed E-state index contributed by atoms with van der Waals surface area (Å²) >= 11 is 0. The summed E-state index contributed by atoms with van der Waals surface area (Å²) in [5.41, 5.74) is 2.19. The standard InChI is InChI=1S/C18H25NO4/c1-12(2)15-5-4-13(3)16(10-15)23-11-17(20)19-8-6-14(7-9-19)18(21)22/h4-5,10,12,14H,6-9,11H2,1-3H3,(H,21,22). The summed E-state index contributed by atoms with van der Waals surface area (Å²) in [4.78, 5) is 24.9. The van der Waals surface area contributed by atoms with Crippen LogP contribution in [0.5, 0.6) is 5.75 Å². The van der Waals surface area contributed by atoms with E-state index in [9.17, 15) is 9.59 Å². The van der Waals surface area contributed by atoms with Gasteiger partial charge in [0.25, 0.3) is 5.91 Å². The number of ether oxygens (including phenoxy) is 1. The van der Waals surface area contributed by atoms with E-state index in [0.717, 1.165) is 11.3 Å². The van der Waals surface area contributed by atoms with Gasteiger partial charge in [0, 0.05) is 13.1 Å². The summed E-state index contributed by atoms with van der Waals surface area (Å²) in [6.07, 6.45) is 1.03. The predicted molar refractivity (Wildman–Crippen MR) is 87.7 cm³/mol. The predicted octanol–water partition coefficient (Wildman–Crippen LogP) is 2.82. The van der Waals surface area contributed by atoms with E-state index in [2.05, 4.69) is 19.9 Å². The fourth-order valence-corrected chi connectivity index (χ4v) is 2.74. The highest BCUT2D eigenvalue weighted by atomic mass is 16.5. The van der Waals surface area contributed by atoms with Crippen molar-refractivity contribution in [3.05, 3.63) is 29.3 Å². The van der Waals surface area contributed by atoms with E-state index in [0.29, 0.717) is 31.8 Å². The van der Waals surface area contributed by atoms with Gasteiger partial charge in [-0.2, -0.15) is 0 Å². The van der Waals surface area contributed by atoms with Crippen molar-refractivity contribution in [3.63, 3.8) is 0 Å². The molecule has 5 heteroatoms. The molecule has 0 atom stereocenters. The van der Waals surface area contributed by atoms with Crippen LogP contribution in [-0.4, -0.2) is 41.6 Å². The van der Waals surface area contributed by atoms with Gasteiger partial charge in [-0.1, -0.05) is 26.0 Å². The Hall–Kier alpha value is -2.04. The second kappa shape index (κ2) is 7.49. The van der Waals surface area contributed by atoms with E-state index < -0.39 is 5.97 Å². The normalized spacial score (nSPS) is 15.7. The zero-order valence-electron chi connectivity index (χ0n) is 14.0. The minimum atomic E-state index is -0.769. The van der Waals surface area contributed by atoms with Crippen LogP contribution in [0.3, 0.4) is 0 Å². The van der Waals surface area contributed by atoms with Crippen LogP contribution in [0.15, 0.2) is 18.2 Å². The first kappa shape index (κ1) is 17.3. The molecule has 0 saturated carbocycles. The molecule has 0 unspecified atom stereocenters. The number of piperidine rings is 1. The van der Waals surface area contributed by atoms with E-state index in [4.69, 9.17) is 9.84 Å². The second-order valence-corrected chi connectivity index (χ2v) is 6.46. The monoisotopic (exact) mass is 319 g/mol. The van der Waals surface area contributed by atoms with E-state index in [1.165, 1.54) is 5.56 Å². The van der Waals surface area contributed by atoms with Crippen LogP contribution in [0.1, 0.15) is 43.7 Å². The molecular formula is C18H25NO4. The lowest BCUT2D eigenvalue weighted by molar-refractivity contribution is -0.146. The molecule has 0 aliphatic carbocycles. The molecule has 1 heterocycles. The zero-order valence-corrected chi connectivity index (χ0v) is 14.0. The Morgan fingerprint density at radius 3 is 2.52 bits per heavy atom. The number of amides is 1. The molecule has 2 rings (SSSR count). The van der Waals surface area contributed by atoms with Crippen LogP contribution >= 0.6 is 0 Å². The summed E-state index contributed by atoms with van der Waals surface area (Å²) in [5.74, 6) is -0.0312. The summed E-state index contributed by atoms with van der Waals surface area (Å²) in [6, 6.07) is 6.07. The number of nitrogens with zero attached hydrogens (tertiary/aromatic N) is 1. The Morgan fingerprint density at radius 2 is 1.96 bits per heavy atom. The number of benzene rings is 1. The van der Waals surface area contributed by atoms with E-state index in [-0.39, 0.29) is 18.4 Å². The molecule has 0 spiro atoms. The molecule has 1 aromatic rings. The molecule has 1 aliphatic heterocycles. The average Bonchev–Trinajstić information content (AvgIpc) is 2.53. The van der Waals surface area contributed by atoms with Crippen LogP contribution < -0.4 is 4.74 Å². The third-order valence-electron chi connectivity index (χ3n) is 4.43. The molecule has 0 bridgehead atoms. The molecule has 5 nitrogen and oxygen atoms in total. The number of likely N-dealkylation sites (tertiary alicyclic amines) is 1. The van der Waals surface area contributed by atoms with Gasteiger partial charge in [0.15, 0.2) is 6.61 Å². The van der Waals surface area contributed by atoms with Gasteiger partial charge in [0.05, 0.1) is 5.92 Å². The molecule has 0 radical (unpaired) electrons. The highest BCUT2D eigenvalue weighted by Gasteiger charge is 2.27. The first-order chi connectivity index (χ1) is 10.9. The molecule has 126 valence electrons. The van der Waals surface area contributed by atoms with Crippen molar-refractivity contribution in [2.75, 3.05) is 19.7 Å². The first-order valence-corrected chi connectivity index (χ1v) is 8.12. The van der Waals surface area contributed by atoms with Crippen molar-refractivity contribution >= 4 is 11.9 Å². The lowest BCUT2D eigenvalue weighted by Crippen LogP contribution is -2.42. The van der Waals surface area contributed by atoms with Gasteiger partial charge >= 0.3 is 5.97 Å². The maximum atomic E-state index is 12.2. The van der Waals surface area contributed by atoms with Crippen molar-refractivity contribution in [1.82, 2.24) is 4.90 Å². The maximum Gasteiger partial charge on any atom is 0.306 e. The number of hydrogen-bond acceptors (Lipinski definition) is 3. The Bertz CT molecular complexity index is 574. The highest BCUT2D eigenvalue weighted by Crippen LogP contribution is 2.24. The third-order valence-corrected chi connectivity index (χ3v) is 4.43. The number of hydrogen-bond donors (Lipinski definition) is 1. The molecule has 1 saturated heterocycles. The van der Waals surface area contributed by atoms with Crippen molar-refractivity contribution in [3.8, 4) is 5.75 Å². The highest BCUT2D eigenvalue weighted by molar-refractivity contribution is 5.78. The minimum Gasteiger partial charge on any atom is -0.483 e. The summed E-state index contributed by atoms with van der Waals surface area (Å²) in [6.45, 7) is 7.18. The number of carboxylic acids is 1. The summed E-state index contributed by atoms with van der Waals surface area (Å²) in [5, 5.41) is 8.99. The Balaban J connectivity index is 1.90. The number of aliphatic carboxylic acids is 1. The van der Waals surface area contributed by atoms with Crippen LogP contribution in [0.2, 0.25) is 0 Å². The number of rotatable bonds is 5. The number of carbonyl (C=O) groups is 2. The largest absolute Gasteiger partial charge is 0.483 e. The number of carboxylic acid groups (broad SMARTS) is 1. The Labute approximate surface area is 137 Å². The topological polar surface area (TPSA) is 66.8 Å². The molecule has 0 aromatic heterocycles. The molecule has 1 aromatic carbocycles. The Kier molecular flexibility index (Phi) is 5.64. The fraction of sp³-hybridized carbons (Fsp3) is 0.556. The molecule has 1 N–H and O–H groups in total. The van der Waals surface area contributed by atoms with E-state index in [1.807, 2.05) is 19.1 Å². The van der Waals surface area contributed by atoms with Crippen LogP contribution in [0, 0.1) is 12.8 Å². The van der Waals surface area contributed by atoms with Crippen molar-refractivity contribution in [2.45, 2.75) is 39.5 Å². The minimum absolute atomic E-state index is 0.000126. The van der Waals surface area contributed by atoms with Gasteiger partial charge in [0.1, 0.15) is 5.75 Å². The van der Waals surface area contributed by atoms with Crippen LogP contribution in [0.4, 0.5) is 0 Å². The van der Waals surface area contributed by atoms with E-state index in [1.54, 1.807) is 4.90 Å². The fourth-order valence-electron chi connectivity index (χ4n) is 2.74. The molecular weight excluding hydrogens is 294 g/mol. The molecule has 1 amide bonds. The SMILES string of the molecule is Cc1ccc(C(C)C)cc1OCC(=O)N1CCC(C(=O)O)CC1. The van der Waals surface area contributed by atoms with E-state index >= 15 is 0 Å². The van der Waals surface area contributed by atoms with Gasteiger partial charge in [-0.3, -0.25) is 9.59 Å². The van der Waals surface area contributed by atoms with Gasteiger partial charge < -0.3 is 14.7 Å². The molecule has 1 aliphatic rings. The Morgan fingerprint density at radius 1 is 1.30 bits per heavy atom. The first-order valence-electron chi connectivity index (χ1n) is 8.12. The number of aryl methyl sites for hydroxylation is 1. The summed E-state index contributed by atoms with van der Waals surface area (Å²) in [7, 11) is 0. The van der Waals surface area contributed by atoms with Crippen LogP contribution in [-0.2, 0) is 9.59 Å². The summed E-state index contributed by atoms with van der Waals surface area (Å²) < 4.78 is 5.71. The number of carbonyl (C=O) groups excluding carboxylic acids is 1. The van der Waals surface area contributed by atoms with Crippen molar-refractivity contribution in [1.29, 1.82) is 0 Å². The quantitative estimate of drug-likeness (QED) is 0.906. The third kappa shape index (κ3) is 4.47. The van der Waals surface area contributed by atoms with Crippen LogP contribution in [0.25, 0.3) is 0 Å².